The molecule has 1 spiro atoms. The molecule has 2 aromatic heterocycles. The number of nitrogens with zero attached hydrogens (tertiary/aromatic N) is 6. The van der Waals surface area contributed by atoms with Crippen molar-refractivity contribution in [3.05, 3.63) is 47.8 Å². The third-order valence-electron chi connectivity index (χ3n) is 11.3. The van der Waals surface area contributed by atoms with Crippen LogP contribution in [0.25, 0.3) is 21.8 Å². The number of ether oxygens (including phenoxy) is 2. The van der Waals surface area contributed by atoms with E-state index in [1.165, 1.54) is 0 Å². The smallest absolute Gasteiger partial charge is 0.235 e. The van der Waals surface area contributed by atoms with Crippen molar-refractivity contribution >= 4 is 62.6 Å². The Hall–Kier alpha value is -5.15. The molecule has 2 aromatic carbocycles. The number of anilines is 2. The van der Waals surface area contributed by atoms with Crippen LogP contribution in [0.15, 0.2) is 36.4 Å². The fraction of sp³-hybridized carbons (Fsp3) is 0.500. The Morgan fingerprint density at radius 3 is 1.55 bits per heavy atom. The van der Waals surface area contributed by atoms with Gasteiger partial charge in [-0.15, -0.1) is 0 Å². The third-order valence-corrected chi connectivity index (χ3v) is 11.3. The molecule has 0 aliphatic carbocycles. The predicted octanol–water partition coefficient (Wildman–Crippen LogP) is 2.70. The zero-order valence-corrected chi connectivity index (χ0v) is 30.1. The van der Waals surface area contributed by atoms with Crippen molar-refractivity contribution in [3.8, 4) is 0 Å². The molecule has 0 radical (unpaired) electrons. The first-order valence-corrected chi connectivity index (χ1v) is 18.5. The summed E-state index contributed by atoms with van der Waals surface area (Å²) in [6.07, 6.45) is 4.59. The van der Waals surface area contributed by atoms with E-state index in [4.69, 9.17) is 9.47 Å². The number of amides is 4. The first-order chi connectivity index (χ1) is 25.6. The average Bonchev–Trinajstić information content (AvgIpc) is 3.84. The van der Waals surface area contributed by atoms with E-state index in [-0.39, 0.29) is 41.3 Å². The topological polar surface area (TPSA) is 170 Å². The van der Waals surface area contributed by atoms with Crippen molar-refractivity contribution < 1.29 is 33.4 Å². The van der Waals surface area contributed by atoms with Crippen LogP contribution in [0.5, 0.6) is 0 Å². The minimum atomic E-state index is -0.389. The van der Waals surface area contributed by atoms with Gasteiger partial charge in [-0.25, -0.2) is 0 Å². The summed E-state index contributed by atoms with van der Waals surface area (Å²) in [5.74, 6) is -1.78. The summed E-state index contributed by atoms with van der Waals surface area (Å²) in [5.41, 5.74) is 5.62. The van der Waals surface area contributed by atoms with Crippen molar-refractivity contribution in [2.45, 2.75) is 69.0 Å². The molecule has 0 bridgehead atoms. The first kappa shape index (κ1) is 34.9. The molecular weight excluding hydrogens is 680 g/mol. The number of hydrogen-bond donors (Lipinski definition) is 2. The van der Waals surface area contributed by atoms with E-state index in [2.05, 4.69) is 48.8 Å². The normalized spacial score (nSPS) is 23.4. The molecule has 278 valence electrons. The lowest BCUT2D eigenvalue weighted by molar-refractivity contribution is -0.169. The Balaban J connectivity index is 0.000000152. The Labute approximate surface area is 305 Å². The van der Waals surface area contributed by atoms with E-state index < -0.39 is 0 Å². The number of imide groups is 2. The summed E-state index contributed by atoms with van der Waals surface area (Å²) in [6.45, 7) is 4.60. The number of carbonyl (C=O) groups excluding carboxylic acids is 5. The van der Waals surface area contributed by atoms with Gasteiger partial charge in [-0.05, 0) is 49.2 Å². The molecule has 2 atom stereocenters. The van der Waals surface area contributed by atoms with Gasteiger partial charge in [0.05, 0.1) is 47.5 Å². The van der Waals surface area contributed by atoms with E-state index >= 15 is 0 Å². The zero-order valence-electron chi connectivity index (χ0n) is 30.1. The number of piperidine rings is 4. The lowest BCUT2D eigenvalue weighted by Crippen LogP contribution is -2.45. The Kier molecular flexibility index (Phi) is 9.23. The van der Waals surface area contributed by atoms with Gasteiger partial charge in [0.15, 0.2) is 5.79 Å². The number of nitrogens with one attached hydrogen (secondary N) is 2. The molecule has 15 heteroatoms. The van der Waals surface area contributed by atoms with Crippen LogP contribution in [0.3, 0.4) is 0 Å². The van der Waals surface area contributed by atoms with Gasteiger partial charge >= 0.3 is 0 Å². The van der Waals surface area contributed by atoms with Crippen LogP contribution in [0, 0.1) is 0 Å². The van der Waals surface area contributed by atoms with Gasteiger partial charge in [0.2, 0.25) is 23.6 Å². The molecular formula is C38H44N8O7. The van der Waals surface area contributed by atoms with Gasteiger partial charge in [-0.1, -0.05) is 0 Å². The number of hydrogen-bond acceptors (Lipinski definition) is 11. The summed E-state index contributed by atoms with van der Waals surface area (Å²) >= 11 is 0. The molecule has 4 aromatic rings. The highest BCUT2D eigenvalue weighted by atomic mass is 16.7. The molecule has 4 amide bonds. The summed E-state index contributed by atoms with van der Waals surface area (Å²) in [4.78, 5) is 63.3. The molecule has 9 rings (SSSR count). The van der Waals surface area contributed by atoms with Gasteiger partial charge in [0.25, 0.3) is 0 Å². The maximum Gasteiger partial charge on any atom is 0.235 e. The largest absolute Gasteiger partial charge is 0.371 e. The van der Waals surface area contributed by atoms with Crippen LogP contribution < -0.4 is 20.4 Å². The number of aromatic nitrogens is 4. The number of Topliss-reactive ketones (excluding diaryl/α,β-unsaturated/α-hetero) is 1. The number of aryl methyl sites for hydroxylation is 2. The monoisotopic (exact) mass is 724 g/mol. The molecule has 0 saturated carbocycles. The second-order valence-electron chi connectivity index (χ2n) is 14.5. The molecule has 15 nitrogen and oxygen atoms in total. The number of benzene rings is 2. The van der Waals surface area contributed by atoms with Crippen molar-refractivity contribution in [2.75, 3.05) is 49.2 Å². The van der Waals surface area contributed by atoms with Gasteiger partial charge in [-0.3, -0.25) is 44.0 Å². The van der Waals surface area contributed by atoms with E-state index in [0.29, 0.717) is 57.5 Å². The molecule has 2 unspecified atom stereocenters. The quantitative estimate of drug-likeness (QED) is 0.297. The zero-order chi connectivity index (χ0) is 36.9. The summed E-state index contributed by atoms with van der Waals surface area (Å²) < 4.78 is 15.2. The molecule has 5 fully saturated rings. The number of fused-ring (bicyclic) bond motifs is 2. The van der Waals surface area contributed by atoms with Crippen LogP contribution in [-0.4, -0.2) is 94.2 Å². The number of rotatable bonds is 4. The second-order valence-corrected chi connectivity index (χ2v) is 14.5. The van der Waals surface area contributed by atoms with Crippen LogP contribution in [-0.2, 0) is 47.5 Å². The van der Waals surface area contributed by atoms with Gasteiger partial charge in [-0.2, -0.15) is 10.2 Å². The van der Waals surface area contributed by atoms with Crippen molar-refractivity contribution in [1.29, 1.82) is 0 Å². The van der Waals surface area contributed by atoms with Crippen LogP contribution in [0.4, 0.5) is 11.4 Å². The maximum atomic E-state index is 12.3. The highest BCUT2D eigenvalue weighted by molar-refractivity contribution is 6.03. The highest BCUT2D eigenvalue weighted by Crippen LogP contribution is 2.36. The molecule has 5 saturated heterocycles. The fourth-order valence-corrected chi connectivity index (χ4v) is 8.27. The van der Waals surface area contributed by atoms with Crippen LogP contribution in [0.2, 0.25) is 0 Å². The number of carbonyl (C=O) groups is 5. The lowest BCUT2D eigenvalue weighted by Gasteiger charge is -2.38. The fourth-order valence-electron chi connectivity index (χ4n) is 8.27. The van der Waals surface area contributed by atoms with Gasteiger partial charge in [0, 0.05) is 101 Å². The van der Waals surface area contributed by atoms with Gasteiger partial charge in [0.1, 0.15) is 5.78 Å². The van der Waals surface area contributed by atoms with Crippen LogP contribution in [0.1, 0.15) is 74.6 Å². The number of ketones is 1. The summed E-state index contributed by atoms with van der Waals surface area (Å²) in [5, 5.41) is 15.9. The van der Waals surface area contributed by atoms with E-state index in [1.807, 2.05) is 37.0 Å². The molecule has 53 heavy (non-hydrogen) atoms. The molecule has 2 N–H and O–H groups in total. The van der Waals surface area contributed by atoms with E-state index in [0.717, 1.165) is 83.6 Å². The summed E-state index contributed by atoms with van der Waals surface area (Å²) in [6, 6.07) is 12.3. The first-order valence-electron chi connectivity index (χ1n) is 18.5. The summed E-state index contributed by atoms with van der Waals surface area (Å²) in [7, 11) is 3.76. The average molecular weight is 725 g/mol. The van der Waals surface area contributed by atoms with Crippen molar-refractivity contribution in [2.24, 2.45) is 14.1 Å². The Morgan fingerprint density at radius 2 is 1.09 bits per heavy atom. The third kappa shape index (κ3) is 6.79. The van der Waals surface area contributed by atoms with E-state index in [9.17, 15) is 24.0 Å². The highest BCUT2D eigenvalue weighted by Gasteiger charge is 2.40. The minimum Gasteiger partial charge on any atom is -0.371 e. The minimum absolute atomic E-state index is 0.207. The van der Waals surface area contributed by atoms with E-state index in [1.54, 1.807) is 4.68 Å². The molecule has 5 aliphatic rings. The molecule has 7 heterocycles. The Morgan fingerprint density at radius 1 is 0.642 bits per heavy atom. The van der Waals surface area contributed by atoms with Crippen molar-refractivity contribution in [3.63, 3.8) is 0 Å². The lowest BCUT2D eigenvalue weighted by atomic mass is 9.92. The standard InChI is InChI=1S/C20H24N4O4.C18H20N4O3/c1-23-16-12-13(24-8-6-20(7-9-24)27-10-11-28-20)2-3-14(16)18(22-23)15-4-5-17(25)21-19(15)26;1-21-15-10-11(22-8-6-12(23)7-9-22)2-3-13(15)17(20-21)14-4-5-16(24)19-18(14)25/h2-3,12,15H,4-11H2,1H3,(H,21,25,26);2-3,10,14H,4-9H2,1H3,(H,19,24,25). The maximum absolute atomic E-state index is 12.3. The SMILES string of the molecule is Cn1nc(C2CCC(=O)NC2=O)c2ccc(N3CCC(=O)CC3)cc21.Cn1nc(C2CCC(=O)NC2=O)c2ccc(N3CCC4(CC3)OCCO4)cc21. The predicted molar refractivity (Wildman–Crippen MR) is 194 cm³/mol. The van der Waals surface area contributed by atoms with Crippen molar-refractivity contribution in [1.82, 2.24) is 30.2 Å². The second kappa shape index (κ2) is 14.0. The van der Waals surface area contributed by atoms with Crippen LogP contribution >= 0.6 is 0 Å². The molecule has 5 aliphatic heterocycles. The Bertz CT molecular complexity index is 2110. The van der Waals surface area contributed by atoms with Gasteiger partial charge < -0.3 is 19.3 Å².